The molecule has 25 heavy (non-hydrogen) atoms. The number of alkyl halides is 14. The first-order valence-electron chi connectivity index (χ1n) is 5.65. The lowest BCUT2D eigenvalue weighted by atomic mass is 9.70. The average molecular weight is 410 g/mol. The maximum absolute atomic E-state index is 13.4. The van der Waals surface area contributed by atoms with E-state index in [2.05, 4.69) is 0 Å². The summed E-state index contributed by atoms with van der Waals surface area (Å²) in [6.07, 6.45) is -31.6. The van der Waals surface area contributed by atoms with Gasteiger partial charge in [-0.1, -0.05) is 6.92 Å². The van der Waals surface area contributed by atoms with E-state index in [0.29, 0.717) is 0 Å². The van der Waals surface area contributed by atoms with E-state index in [9.17, 15) is 65.9 Å². The molecule has 0 aromatic heterocycles. The van der Waals surface area contributed by atoms with Crippen LogP contribution in [0.5, 0.6) is 0 Å². The standard InChI is InChI=1S/C10H5F15/c1-2-5(9(20,21)22,8(18,19)10(23,24)25)3(6(12,13)14)4(11)7(15,16)17/h2H2,1H3/b4-3+. The van der Waals surface area contributed by atoms with Crippen LogP contribution in [0.2, 0.25) is 0 Å². The van der Waals surface area contributed by atoms with Gasteiger partial charge < -0.3 is 0 Å². The first-order valence-corrected chi connectivity index (χ1v) is 5.65. The van der Waals surface area contributed by atoms with E-state index in [-0.39, 0.29) is 6.92 Å². The molecule has 0 aromatic rings. The fourth-order valence-corrected chi connectivity index (χ4v) is 2.01. The van der Waals surface area contributed by atoms with Gasteiger partial charge in [-0.2, -0.15) is 61.5 Å². The predicted octanol–water partition coefficient (Wildman–Crippen LogP) is 6.49. The van der Waals surface area contributed by atoms with Crippen molar-refractivity contribution in [3.05, 3.63) is 11.4 Å². The second-order valence-electron chi connectivity index (χ2n) is 4.51. The van der Waals surface area contributed by atoms with E-state index in [1.54, 1.807) is 0 Å². The van der Waals surface area contributed by atoms with Crippen LogP contribution in [-0.4, -0.2) is 30.6 Å². The fourth-order valence-electron chi connectivity index (χ4n) is 2.01. The highest BCUT2D eigenvalue weighted by Crippen LogP contribution is 2.65. The van der Waals surface area contributed by atoms with Gasteiger partial charge in [0.2, 0.25) is 5.83 Å². The van der Waals surface area contributed by atoms with E-state index >= 15 is 0 Å². The molecule has 0 fully saturated rings. The quantitative estimate of drug-likeness (QED) is 0.467. The Morgan fingerprint density at radius 3 is 1.12 bits per heavy atom. The van der Waals surface area contributed by atoms with Crippen LogP contribution in [0.25, 0.3) is 0 Å². The summed E-state index contributed by atoms with van der Waals surface area (Å²) in [5.74, 6) is -12.2. The molecule has 0 radical (unpaired) electrons. The third kappa shape index (κ3) is 3.78. The largest absolute Gasteiger partial charge is 0.454 e. The van der Waals surface area contributed by atoms with Gasteiger partial charge in [0.05, 0.1) is 5.57 Å². The highest BCUT2D eigenvalue weighted by molar-refractivity contribution is 5.32. The van der Waals surface area contributed by atoms with Gasteiger partial charge in [0, 0.05) is 0 Å². The van der Waals surface area contributed by atoms with Crippen molar-refractivity contribution in [1.82, 2.24) is 0 Å². The summed E-state index contributed by atoms with van der Waals surface area (Å²) in [5, 5.41) is 0. The first kappa shape index (κ1) is 23.7. The Morgan fingerprint density at radius 2 is 0.960 bits per heavy atom. The summed E-state index contributed by atoms with van der Waals surface area (Å²) in [4.78, 5) is 0. The van der Waals surface area contributed by atoms with Crippen molar-refractivity contribution in [1.29, 1.82) is 0 Å². The highest BCUT2D eigenvalue weighted by atomic mass is 19.4. The molecule has 0 heterocycles. The van der Waals surface area contributed by atoms with Gasteiger partial charge in [0.1, 0.15) is 0 Å². The molecule has 0 saturated heterocycles. The molecule has 0 spiro atoms. The third-order valence-corrected chi connectivity index (χ3v) is 3.08. The molecule has 0 amide bonds. The molecular formula is C10H5F15. The Hall–Kier alpha value is -1.31. The molecule has 0 bridgehead atoms. The lowest BCUT2D eigenvalue weighted by Gasteiger charge is -2.43. The van der Waals surface area contributed by atoms with Crippen LogP contribution in [0.1, 0.15) is 13.3 Å². The number of rotatable bonds is 3. The molecule has 0 rings (SSSR count). The minimum absolute atomic E-state index is 0.317. The lowest BCUT2D eigenvalue weighted by molar-refractivity contribution is -0.382. The van der Waals surface area contributed by atoms with E-state index < -0.39 is 53.9 Å². The fraction of sp³-hybridized carbons (Fsp3) is 0.800. The topological polar surface area (TPSA) is 0 Å². The molecule has 1 atom stereocenters. The Labute approximate surface area is 128 Å². The average Bonchev–Trinajstić information content (AvgIpc) is 2.28. The van der Waals surface area contributed by atoms with Crippen LogP contribution >= 0.6 is 0 Å². The van der Waals surface area contributed by atoms with Gasteiger partial charge in [0.15, 0.2) is 5.41 Å². The first-order chi connectivity index (χ1) is 10.6. The minimum atomic E-state index is -7.43. The van der Waals surface area contributed by atoms with Crippen molar-refractivity contribution in [3.63, 3.8) is 0 Å². The molecule has 0 aromatic carbocycles. The summed E-state index contributed by atoms with van der Waals surface area (Å²) >= 11 is 0. The van der Waals surface area contributed by atoms with Gasteiger partial charge in [-0.25, -0.2) is 4.39 Å². The smallest absolute Gasteiger partial charge is 0.201 e. The van der Waals surface area contributed by atoms with Gasteiger partial charge >= 0.3 is 30.6 Å². The maximum Gasteiger partial charge on any atom is 0.454 e. The summed E-state index contributed by atoms with van der Waals surface area (Å²) in [6.45, 7) is -0.317. The Morgan fingerprint density at radius 1 is 0.600 bits per heavy atom. The normalized spacial score (nSPS) is 18.7. The second-order valence-corrected chi connectivity index (χ2v) is 4.51. The molecule has 0 saturated carbocycles. The van der Waals surface area contributed by atoms with Crippen molar-refractivity contribution in [2.45, 2.75) is 44.0 Å². The monoisotopic (exact) mass is 410 g/mol. The van der Waals surface area contributed by atoms with Crippen molar-refractivity contribution in [2.75, 3.05) is 0 Å². The van der Waals surface area contributed by atoms with Gasteiger partial charge in [-0.3, -0.25) is 0 Å². The molecule has 15 heteroatoms. The summed E-state index contributed by atoms with van der Waals surface area (Å²) in [6, 6.07) is 0. The van der Waals surface area contributed by atoms with Crippen LogP contribution < -0.4 is 0 Å². The zero-order valence-electron chi connectivity index (χ0n) is 11.4. The van der Waals surface area contributed by atoms with Crippen LogP contribution in [-0.2, 0) is 0 Å². The SMILES string of the molecule is CCC(/C(=C(\F)C(F)(F)F)C(F)(F)F)(C(F)(F)F)C(F)(F)C(F)(F)F. The third-order valence-electron chi connectivity index (χ3n) is 3.08. The van der Waals surface area contributed by atoms with Gasteiger partial charge in [-0.05, 0) is 6.42 Å². The Bertz CT molecular complexity index is 510. The summed E-state index contributed by atoms with van der Waals surface area (Å²) < 4.78 is 190. The number of allylic oxidation sites excluding steroid dienone is 2. The zero-order valence-corrected chi connectivity index (χ0v) is 11.4. The number of halogens is 15. The molecule has 0 aliphatic heterocycles. The maximum atomic E-state index is 13.4. The van der Waals surface area contributed by atoms with Crippen molar-refractivity contribution in [3.8, 4) is 0 Å². The van der Waals surface area contributed by atoms with Crippen LogP contribution in [0.4, 0.5) is 65.9 Å². The molecule has 1 unspecified atom stereocenters. The van der Waals surface area contributed by atoms with Crippen molar-refractivity contribution in [2.24, 2.45) is 5.41 Å². The van der Waals surface area contributed by atoms with E-state index in [4.69, 9.17) is 0 Å². The molecule has 0 N–H and O–H groups in total. The van der Waals surface area contributed by atoms with Gasteiger partial charge in [-0.15, -0.1) is 0 Å². The van der Waals surface area contributed by atoms with E-state index in [0.717, 1.165) is 0 Å². The van der Waals surface area contributed by atoms with E-state index in [1.807, 2.05) is 0 Å². The molecule has 0 aliphatic rings. The van der Waals surface area contributed by atoms with E-state index in [1.165, 1.54) is 0 Å². The van der Waals surface area contributed by atoms with Crippen molar-refractivity contribution < 1.29 is 65.9 Å². The minimum Gasteiger partial charge on any atom is -0.201 e. The predicted molar refractivity (Wildman–Crippen MR) is 50.0 cm³/mol. The second kappa shape index (κ2) is 6.14. The molecule has 0 aliphatic carbocycles. The Balaban J connectivity index is 7.47. The molecular weight excluding hydrogens is 405 g/mol. The molecule has 150 valence electrons. The van der Waals surface area contributed by atoms with Crippen LogP contribution in [0.3, 0.4) is 0 Å². The summed E-state index contributed by atoms with van der Waals surface area (Å²) in [5.41, 5.74) is -11.3. The van der Waals surface area contributed by atoms with Crippen LogP contribution in [0, 0.1) is 5.41 Å². The zero-order chi connectivity index (χ0) is 20.9. The summed E-state index contributed by atoms with van der Waals surface area (Å²) in [7, 11) is 0. The van der Waals surface area contributed by atoms with Crippen molar-refractivity contribution >= 4 is 0 Å². The number of hydrogen-bond acceptors (Lipinski definition) is 0. The van der Waals surface area contributed by atoms with Crippen LogP contribution in [0.15, 0.2) is 11.4 Å². The van der Waals surface area contributed by atoms with Gasteiger partial charge in [0.25, 0.3) is 0 Å². The number of hydrogen-bond donors (Lipinski definition) is 0. The molecule has 0 nitrogen and oxygen atoms in total. The Kier molecular flexibility index (Phi) is 5.82. The lowest BCUT2D eigenvalue weighted by Crippen LogP contribution is -2.62. The highest BCUT2D eigenvalue weighted by Gasteiger charge is 2.83.